The van der Waals surface area contributed by atoms with Crippen LogP contribution in [0.3, 0.4) is 0 Å². The van der Waals surface area contributed by atoms with E-state index in [0.29, 0.717) is 0 Å². The van der Waals surface area contributed by atoms with Gasteiger partial charge in [0.25, 0.3) is 0 Å². The van der Waals surface area contributed by atoms with Gasteiger partial charge in [-0.2, -0.15) is 0 Å². The van der Waals surface area contributed by atoms with Crippen LogP contribution < -0.4 is 0 Å². The van der Waals surface area contributed by atoms with Gasteiger partial charge in [-0.25, -0.2) is 0 Å². The molecular formula is C20H18O2. The third kappa shape index (κ3) is 1.92. The highest BCUT2D eigenvalue weighted by molar-refractivity contribution is 6.12. The molecule has 2 aromatic rings. The minimum absolute atomic E-state index is 0.217. The first-order valence-corrected chi connectivity index (χ1v) is 7.71. The number of rotatable bonds is 3. The Bertz CT molecular complexity index is 933. The maximum atomic E-state index is 9.26. The predicted molar refractivity (Wildman–Crippen MR) is 90.5 cm³/mol. The molecule has 4 rings (SSSR count). The van der Waals surface area contributed by atoms with Crippen LogP contribution in [0, 0.1) is 6.92 Å². The minimum atomic E-state index is 0.217. The monoisotopic (exact) mass is 290 g/mol. The first kappa shape index (κ1) is 13.4. The van der Waals surface area contributed by atoms with Crippen LogP contribution in [-0.2, 0) is 6.42 Å². The topological polar surface area (TPSA) is 33.4 Å². The zero-order valence-corrected chi connectivity index (χ0v) is 12.6. The van der Waals surface area contributed by atoms with Crippen molar-refractivity contribution in [2.24, 2.45) is 0 Å². The van der Waals surface area contributed by atoms with Crippen molar-refractivity contribution in [2.75, 3.05) is 6.61 Å². The average molecular weight is 290 g/mol. The molecule has 2 nitrogen and oxygen atoms in total. The van der Waals surface area contributed by atoms with Crippen molar-refractivity contribution in [2.45, 2.75) is 19.8 Å². The van der Waals surface area contributed by atoms with Gasteiger partial charge in [0, 0.05) is 23.1 Å². The Morgan fingerprint density at radius 1 is 1.00 bits per heavy atom. The minimum Gasteiger partial charge on any atom is -0.464 e. The molecular weight excluding hydrogens is 272 g/mol. The van der Waals surface area contributed by atoms with Crippen LogP contribution in [0.2, 0.25) is 0 Å². The maximum absolute atomic E-state index is 9.26. The van der Waals surface area contributed by atoms with Crippen molar-refractivity contribution in [3.8, 4) is 11.1 Å². The lowest BCUT2D eigenvalue weighted by Gasteiger charge is -2.08. The molecule has 1 N–H and O–H groups in total. The first-order chi connectivity index (χ1) is 10.8. The Morgan fingerprint density at radius 3 is 2.73 bits per heavy atom. The highest BCUT2D eigenvalue weighted by atomic mass is 16.3. The van der Waals surface area contributed by atoms with E-state index >= 15 is 0 Å². The molecule has 0 unspecified atom stereocenters. The lowest BCUT2D eigenvalue weighted by atomic mass is 9.99. The second-order valence-corrected chi connectivity index (χ2v) is 5.88. The normalized spacial score (nSPS) is 11.7. The van der Waals surface area contributed by atoms with Crippen molar-refractivity contribution in [1.29, 1.82) is 0 Å². The van der Waals surface area contributed by atoms with Crippen LogP contribution in [0.25, 0.3) is 32.9 Å². The van der Waals surface area contributed by atoms with Gasteiger partial charge in [-0.3, -0.25) is 0 Å². The molecule has 1 aliphatic heterocycles. The summed E-state index contributed by atoms with van der Waals surface area (Å²) >= 11 is 0. The van der Waals surface area contributed by atoms with E-state index in [4.69, 9.17) is 4.42 Å². The van der Waals surface area contributed by atoms with E-state index in [0.717, 1.165) is 23.8 Å². The van der Waals surface area contributed by atoms with E-state index in [1.54, 1.807) is 0 Å². The van der Waals surface area contributed by atoms with Crippen molar-refractivity contribution in [3.05, 3.63) is 59.9 Å². The summed E-state index contributed by atoms with van der Waals surface area (Å²) < 4.78 is 5.83. The van der Waals surface area contributed by atoms with Gasteiger partial charge >= 0.3 is 0 Å². The number of hydrogen-bond acceptors (Lipinski definition) is 2. The van der Waals surface area contributed by atoms with Crippen LogP contribution in [0.5, 0.6) is 0 Å². The fraction of sp³-hybridized carbons (Fsp3) is 0.200. The van der Waals surface area contributed by atoms with Gasteiger partial charge in [-0.15, -0.1) is 0 Å². The summed E-state index contributed by atoms with van der Waals surface area (Å²) in [6.45, 7) is 2.34. The van der Waals surface area contributed by atoms with Crippen LogP contribution in [0.15, 0.2) is 53.1 Å². The van der Waals surface area contributed by atoms with E-state index in [-0.39, 0.29) is 6.61 Å². The average Bonchev–Trinajstić information content (AvgIpc) is 2.86. The zero-order valence-electron chi connectivity index (χ0n) is 12.6. The molecule has 0 saturated carbocycles. The summed E-state index contributed by atoms with van der Waals surface area (Å²) in [5, 5.41) is 12.9. The van der Waals surface area contributed by atoms with Crippen molar-refractivity contribution in [1.82, 2.24) is 0 Å². The lowest BCUT2D eigenvalue weighted by molar-refractivity contribution is 0.289. The molecule has 0 amide bonds. The van der Waals surface area contributed by atoms with Gasteiger partial charge in [-0.1, -0.05) is 42.0 Å². The van der Waals surface area contributed by atoms with E-state index in [1.165, 1.54) is 33.0 Å². The lowest BCUT2D eigenvalue weighted by Crippen LogP contribution is -1.91. The van der Waals surface area contributed by atoms with Crippen LogP contribution in [0.1, 0.15) is 17.5 Å². The van der Waals surface area contributed by atoms with Crippen molar-refractivity contribution < 1.29 is 9.52 Å². The highest BCUT2D eigenvalue weighted by Gasteiger charge is 2.20. The summed E-state index contributed by atoms with van der Waals surface area (Å²) in [5.41, 5.74) is 5.94. The molecule has 0 fully saturated rings. The molecule has 0 bridgehead atoms. The van der Waals surface area contributed by atoms with Crippen molar-refractivity contribution in [3.63, 3.8) is 0 Å². The third-order valence-electron chi connectivity index (χ3n) is 4.41. The largest absolute Gasteiger partial charge is 0.464 e. The first-order valence-electron chi connectivity index (χ1n) is 7.71. The SMILES string of the molecule is Cc1ccc2c3coc4ccccc4c-3c(CCCO)c2c1. The van der Waals surface area contributed by atoms with Gasteiger partial charge in [0.1, 0.15) is 5.58 Å². The Morgan fingerprint density at radius 2 is 1.86 bits per heavy atom. The molecule has 2 aliphatic rings. The molecule has 22 heavy (non-hydrogen) atoms. The molecule has 0 aromatic heterocycles. The van der Waals surface area contributed by atoms with E-state index in [1.807, 2.05) is 18.4 Å². The number of aryl methyl sites for hydroxylation is 2. The second kappa shape index (κ2) is 5.15. The van der Waals surface area contributed by atoms with Crippen LogP contribution in [-0.4, -0.2) is 11.7 Å². The van der Waals surface area contributed by atoms with E-state index in [9.17, 15) is 5.11 Å². The third-order valence-corrected chi connectivity index (χ3v) is 4.41. The van der Waals surface area contributed by atoms with Crippen LogP contribution >= 0.6 is 0 Å². The summed E-state index contributed by atoms with van der Waals surface area (Å²) in [6, 6.07) is 14.8. The van der Waals surface area contributed by atoms with Gasteiger partial charge in [0.15, 0.2) is 0 Å². The van der Waals surface area contributed by atoms with Gasteiger partial charge < -0.3 is 9.52 Å². The number of hydrogen-bond donors (Lipinski definition) is 1. The van der Waals surface area contributed by atoms with Crippen molar-refractivity contribution >= 4 is 21.7 Å². The van der Waals surface area contributed by atoms with Gasteiger partial charge in [0.05, 0.1) is 6.26 Å². The Labute approximate surface area is 129 Å². The number of aliphatic hydroxyl groups is 1. The molecule has 2 aromatic carbocycles. The summed E-state index contributed by atoms with van der Waals surface area (Å²) in [5.74, 6) is 0. The molecule has 0 saturated heterocycles. The van der Waals surface area contributed by atoms with E-state index < -0.39 is 0 Å². The number of benzene rings is 2. The fourth-order valence-corrected chi connectivity index (χ4v) is 3.42. The maximum Gasteiger partial charge on any atom is 0.134 e. The van der Waals surface area contributed by atoms with Gasteiger partial charge in [-0.05, 0) is 42.2 Å². The van der Waals surface area contributed by atoms with Gasteiger partial charge in [0.2, 0.25) is 0 Å². The zero-order chi connectivity index (χ0) is 15.1. The molecule has 110 valence electrons. The van der Waals surface area contributed by atoms with Crippen LogP contribution in [0.4, 0.5) is 0 Å². The standard InChI is InChI=1S/C20H18O2/c1-13-8-9-14-17(11-13)15(6-4-10-21)20-16-5-2-3-7-19(16)22-12-18(14)20/h2-3,5,7-9,11-12,21H,4,6,10H2,1H3. The highest BCUT2D eigenvalue weighted by Crippen LogP contribution is 2.44. The molecule has 0 radical (unpaired) electrons. The Hall–Kier alpha value is -2.32. The summed E-state index contributed by atoms with van der Waals surface area (Å²) in [7, 11) is 0. The van der Waals surface area contributed by atoms with E-state index in [2.05, 4.69) is 37.3 Å². The molecule has 1 aliphatic carbocycles. The molecule has 0 atom stereocenters. The molecule has 0 spiro atoms. The smallest absolute Gasteiger partial charge is 0.134 e. The Balaban J connectivity index is 2.15. The fourth-order valence-electron chi connectivity index (χ4n) is 3.42. The molecule has 2 heteroatoms. The molecule has 1 heterocycles. The summed E-state index contributed by atoms with van der Waals surface area (Å²) in [6.07, 6.45) is 3.54. The summed E-state index contributed by atoms with van der Waals surface area (Å²) in [4.78, 5) is 0. The second-order valence-electron chi connectivity index (χ2n) is 5.88. The quantitative estimate of drug-likeness (QED) is 0.580. The number of aliphatic hydroxyl groups excluding tert-OH is 1. The number of para-hydroxylation sites is 1. The Kier molecular flexibility index (Phi) is 3.12. The number of fused-ring (bicyclic) bond motifs is 5. The predicted octanol–water partition coefficient (Wildman–Crippen LogP) is 4.92.